The zero-order valence-electron chi connectivity index (χ0n) is 13.7. The van der Waals surface area contributed by atoms with Gasteiger partial charge in [0.25, 0.3) is 0 Å². The first-order chi connectivity index (χ1) is 11.7. The van der Waals surface area contributed by atoms with E-state index in [-0.39, 0.29) is 12.5 Å². The van der Waals surface area contributed by atoms with Crippen LogP contribution in [0.3, 0.4) is 0 Å². The molecule has 0 spiro atoms. The lowest BCUT2D eigenvalue weighted by Gasteiger charge is -2.25. The van der Waals surface area contributed by atoms with E-state index in [2.05, 4.69) is 6.58 Å². The number of hydrogen-bond acceptors (Lipinski definition) is 3. The van der Waals surface area contributed by atoms with Crippen molar-refractivity contribution in [1.29, 1.82) is 0 Å². The summed E-state index contributed by atoms with van der Waals surface area (Å²) in [7, 11) is 1.63. The predicted octanol–water partition coefficient (Wildman–Crippen LogP) is 3.05. The Balaban J connectivity index is 1.99. The van der Waals surface area contributed by atoms with Crippen LogP contribution >= 0.6 is 0 Å². The first-order valence-electron chi connectivity index (χ1n) is 7.92. The van der Waals surface area contributed by atoms with Crippen molar-refractivity contribution in [2.24, 2.45) is 0 Å². The minimum atomic E-state index is -0.926. The van der Waals surface area contributed by atoms with E-state index in [0.29, 0.717) is 13.0 Å². The van der Waals surface area contributed by atoms with Crippen LogP contribution in [0.4, 0.5) is 5.69 Å². The number of aliphatic hydroxyl groups excluding tert-OH is 1. The predicted molar refractivity (Wildman–Crippen MR) is 94.2 cm³/mol. The SMILES string of the molecule is C=CCC1(CO)C(=O)N(Cc2ccc(OC)cc2)c2ccccc21. The maximum absolute atomic E-state index is 13.1. The molecule has 0 saturated heterocycles. The molecule has 1 atom stereocenters. The molecule has 3 rings (SSSR count). The highest BCUT2D eigenvalue weighted by Gasteiger charge is 2.49. The van der Waals surface area contributed by atoms with Gasteiger partial charge in [0.1, 0.15) is 11.2 Å². The Morgan fingerprint density at radius 3 is 2.54 bits per heavy atom. The first kappa shape index (κ1) is 16.3. The van der Waals surface area contributed by atoms with Crippen molar-refractivity contribution < 1.29 is 14.6 Å². The van der Waals surface area contributed by atoms with Crippen molar-refractivity contribution in [3.05, 3.63) is 72.3 Å². The molecule has 2 aromatic rings. The minimum absolute atomic E-state index is 0.0816. The second kappa shape index (κ2) is 6.49. The maximum Gasteiger partial charge on any atom is 0.240 e. The normalized spacial score (nSPS) is 19.2. The molecule has 0 aromatic heterocycles. The Morgan fingerprint density at radius 2 is 1.92 bits per heavy atom. The fourth-order valence-corrected chi connectivity index (χ4v) is 3.33. The second-order valence-electron chi connectivity index (χ2n) is 5.99. The Hall–Kier alpha value is -2.59. The summed E-state index contributed by atoms with van der Waals surface area (Å²) in [5.41, 5.74) is 1.80. The molecule has 1 heterocycles. The Kier molecular flexibility index (Phi) is 4.40. The fraction of sp³-hybridized carbons (Fsp3) is 0.250. The van der Waals surface area contributed by atoms with Crippen LogP contribution in [-0.2, 0) is 16.8 Å². The van der Waals surface area contributed by atoms with Crippen molar-refractivity contribution in [1.82, 2.24) is 0 Å². The molecule has 0 bridgehead atoms. The van der Waals surface area contributed by atoms with Gasteiger partial charge in [0.15, 0.2) is 0 Å². The van der Waals surface area contributed by atoms with Gasteiger partial charge in [0.05, 0.1) is 20.3 Å². The standard InChI is InChI=1S/C20H21NO3/c1-3-12-20(14-22)17-6-4-5-7-18(17)21(19(20)23)13-15-8-10-16(24-2)11-9-15/h3-11,22H,1,12-14H2,2H3. The van der Waals surface area contributed by atoms with Crippen molar-refractivity contribution in [2.45, 2.75) is 18.4 Å². The molecule has 0 saturated carbocycles. The zero-order chi connectivity index (χ0) is 17.2. The number of para-hydroxylation sites is 1. The second-order valence-corrected chi connectivity index (χ2v) is 5.99. The Bertz CT molecular complexity index is 754. The summed E-state index contributed by atoms with van der Waals surface area (Å²) in [5.74, 6) is 0.699. The van der Waals surface area contributed by atoms with Gasteiger partial charge in [-0.3, -0.25) is 4.79 Å². The van der Waals surface area contributed by atoms with Crippen LogP contribution in [0.25, 0.3) is 0 Å². The van der Waals surface area contributed by atoms with Crippen LogP contribution in [0.1, 0.15) is 17.5 Å². The van der Waals surface area contributed by atoms with E-state index >= 15 is 0 Å². The molecule has 1 aliphatic heterocycles. The number of fused-ring (bicyclic) bond motifs is 1. The zero-order valence-corrected chi connectivity index (χ0v) is 13.7. The number of carbonyl (C=O) groups is 1. The van der Waals surface area contributed by atoms with E-state index in [0.717, 1.165) is 22.6 Å². The van der Waals surface area contributed by atoms with Crippen molar-refractivity contribution in [3.63, 3.8) is 0 Å². The van der Waals surface area contributed by atoms with Gasteiger partial charge in [-0.05, 0) is 35.7 Å². The maximum atomic E-state index is 13.1. The topological polar surface area (TPSA) is 49.8 Å². The van der Waals surface area contributed by atoms with E-state index in [1.54, 1.807) is 18.1 Å². The molecule has 1 aliphatic rings. The largest absolute Gasteiger partial charge is 0.497 e. The molecule has 0 aliphatic carbocycles. The lowest BCUT2D eigenvalue weighted by atomic mass is 9.79. The van der Waals surface area contributed by atoms with Crippen LogP contribution in [0.2, 0.25) is 0 Å². The van der Waals surface area contributed by atoms with Gasteiger partial charge in [-0.2, -0.15) is 0 Å². The van der Waals surface area contributed by atoms with Crippen LogP contribution in [0.5, 0.6) is 5.75 Å². The number of methoxy groups -OCH3 is 1. The average molecular weight is 323 g/mol. The molecule has 0 radical (unpaired) electrons. The van der Waals surface area contributed by atoms with E-state index in [4.69, 9.17) is 4.74 Å². The van der Waals surface area contributed by atoms with E-state index < -0.39 is 5.41 Å². The summed E-state index contributed by atoms with van der Waals surface area (Å²) >= 11 is 0. The Morgan fingerprint density at radius 1 is 1.21 bits per heavy atom. The summed E-state index contributed by atoms with van der Waals surface area (Å²) in [6, 6.07) is 15.3. The molecular formula is C20H21NO3. The smallest absolute Gasteiger partial charge is 0.240 e. The van der Waals surface area contributed by atoms with Gasteiger partial charge in [0, 0.05) is 5.69 Å². The molecule has 4 heteroatoms. The third kappa shape index (κ3) is 2.49. The van der Waals surface area contributed by atoms with Crippen molar-refractivity contribution in [3.8, 4) is 5.75 Å². The Labute approximate surface area is 142 Å². The summed E-state index contributed by atoms with van der Waals surface area (Å²) in [4.78, 5) is 14.9. The number of ether oxygens (including phenoxy) is 1. The molecule has 2 aromatic carbocycles. The molecule has 24 heavy (non-hydrogen) atoms. The van der Waals surface area contributed by atoms with Gasteiger partial charge in [-0.15, -0.1) is 6.58 Å². The number of aliphatic hydroxyl groups is 1. The molecule has 1 unspecified atom stereocenters. The van der Waals surface area contributed by atoms with Crippen LogP contribution < -0.4 is 9.64 Å². The highest BCUT2D eigenvalue weighted by molar-refractivity contribution is 6.08. The average Bonchev–Trinajstić information content (AvgIpc) is 2.86. The molecule has 0 fully saturated rings. The number of nitrogens with zero attached hydrogens (tertiary/aromatic N) is 1. The number of rotatable bonds is 6. The van der Waals surface area contributed by atoms with Crippen LogP contribution in [0.15, 0.2) is 61.2 Å². The first-order valence-corrected chi connectivity index (χ1v) is 7.92. The highest BCUT2D eigenvalue weighted by atomic mass is 16.5. The fourth-order valence-electron chi connectivity index (χ4n) is 3.33. The molecule has 1 N–H and O–H groups in total. The van der Waals surface area contributed by atoms with Gasteiger partial charge in [-0.1, -0.05) is 36.4 Å². The third-order valence-corrected chi connectivity index (χ3v) is 4.63. The number of amides is 1. The monoisotopic (exact) mass is 323 g/mol. The quantitative estimate of drug-likeness (QED) is 0.831. The van der Waals surface area contributed by atoms with E-state index in [1.165, 1.54) is 0 Å². The minimum Gasteiger partial charge on any atom is -0.497 e. The number of allylic oxidation sites excluding steroid dienone is 1. The lowest BCUT2D eigenvalue weighted by molar-refractivity contribution is -0.124. The number of anilines is 1. The molecule has 1 amide bonds. The van der Waals surface area contributed by atoms with Gasteiger partial charge >= 0.3 is 0 Å². The van der Waals surface area contributed by atoms with Crippen LogP contribution in [-0.4, -0.2) is 24.7 Å². The van der Waals surface area contributed by atoms with Gasteiger partial charge < -0.3 is 14.7 Å². The number of hydrogen-bond donors (Lipinski definition) is 1. The van der Waals surface area contributed by atoms with Crippen LogP contribution in [0, 0.1) is 0 Å². The lowest BCUT2D eigenvalue weighted by Crippen LogP contribution is -2.42. The summed E-state index contributed by atoms with van der Waals surface area (Å²) in [6.45, 7) is 3.99. The van der Waals surface area contributed by atoms with E-state index in [1.807, 2.05) is 48.5 Å². The van der Waals surface area contributed by atoms with Gasteiger partial charge in [0.2, 0.25) is 5.91 Å². The third-order valence-electron chi connectivity index (χ3n) is 4.63. The summed E-state index contributed by atoms with van der Waals surface area (Å²) in [5, 5.41) is 10.0. The summed E-state index contributed by atoms with van der Waals surface area (Å²) in [6.07, 6.45) is 2.11. The summed E-state index contributed by atoms with van der Waals surface area (Å²) < 4.78 is 5.17. The number of benzene rings is 2. The molecule has 124 valence electrons. The number of carbonyl (C=O) groups excluding carboxylic acids is 1. The molecular weight excluding hydrogens is 302 g/mol. The highest BCUT2D eigenvalue weighted by Crippen LogP contribution is 2.44. The van der Waals surface area contributed by atoms with Gasteiger partial charge in [-0.25, -0.2) is 0 Å². The van der Waals surface area contributed by atoms with Crippen molar-refractivity contribution >= 4 is 11.6 Å². The molecule has 4 nitrogen and oxygen atoms in total. The van der Waals surface area contributed by atoms with Crippen molar-refractivity contribution in [2.75, 3.05) is 18.6 Å². The van der Waals surface area contributed by atoms with E-state index in [9.17, 15) is 9.90 Å².